The third-order valence-electron chi connectivity index (χ3n) is 2.82. The van der Waals surface area contributed by atoms with E-state index in [1.807, 2.05) is 13.1 Å². The van der Waals surface area contributed by atoms with E-state index in [1.54, 1.807) is 0 Å². The molecule has 1 atom stereocenters. The highest BCUT2D eigenvalue weighted by Crippen LogP contribution is 2.23. The zero-order valence-corrected chi connectivity index (χ0v) is 12.2. The van der Waals surface area contributed by atoms with E-state index >= 15 is 0 Å². The molecule has 0 radical (unpaired) electrons. The number of aryl methyl sites for hydroxylation is 1. The Morgan fingerprint density at radius 1 is 1.38 bits per heavy atom. The van der Waals surface area contributed by atoms with Gasteiger partial charge >= 0.3 is 0 Å². The molecule has 0 aliphatic rings. The van der Waals surface area contributed by atoms with E-state index in [9.17, 15) is 0 Å². The summed E-state index contributed by atoms with van der Waals surface area (Å²) in [6.07, 6.45) is 4.63. The summed E-state index contributed by atoms with van der Waals surface area (Å²) < 4.78 is 1.04. The van der Waals surface area contributed by atoms with Crippen molar-refractivity contribution < 1.29 is 0 Å². The van der Waals surface area contributed by atoms with Gasteiger partial charge in [0.1, 0.15) is 0 Å². The SMILES string of the molecule is CCCC(CCc1ccc(Br)cc1Cl)NC. The fourth-order valence-corrected chi connectivity index (χ4v) is 2.60. The lowest BCUT2D eigenvalue weighted by atomic mass is 10.0. The molecular formula is C13H19BrClN. The predicted octanol–water partition coefficient (Wildman–Crippen LogP) is 4.42. The molecule has 0 heterocycles. The van der Waals surface area contributed by atoms with Gasteiger partial charge in [0.25, 0.3) is 0 Å². The largest absolute Gasteiger partial charge is 0.317 e. The van der Waals surface area contributed by atoms with Crippen LogP contribution in [0.2, 0.25) is 5.02 Å². The van der Waals surface area contributed by atoms with E-state index < -0.39 is 0 Å². The summed E-state index contributed by atoms with van der Waals surface area (Å²) in [7, 11) is 2.03. The second-order valence-electron chi connectivity index (χ2n) is 4.05. The molecule has 1 rings (SSSR count). The fraction of sp³-hybridized carbons (Fsp3) is 0.538. The minimum absolute atomic E-state index is 0.602. The van der Waals surface area contributed by atoms with Gasteiger partial charge in [-0.25, -0.2) is 0 Å². The van der Waals surface area contributed by atoms with Crippen LogP contribution in [0.25, 0.3) is 0 Å². The molecule has 0 saturated heterocycles. The topological polar surface area (TPSA) is 12.0 Å². The molecule has 1 nitrogen and oxygen atoms in total. The van der Waals surface area contributed by atoms with Crippen LogP contribution < -0.4 is 5.32 Å². The quantitative estimate of drug-likeness (QED) is 0.820. The molecule has 16 heavy (non-hydrogen) atoms. The Kier molecular flexibility index (Phi) is 6.40. The first kappa shape index (κ1) is 14.0. The number of hydrogen-bond donors (Lipinski definition) is 1. The molecule has 1 N–H and O–H groups in total. The van der Waals surface area contributed by atoms with E-state index in [0.29, 0.717) is 6.04 Å². The van der Waals surface area contributed by atoms with Crippen molar-refractivity contribution >= 4 is 27.5 Å². The Labute approximate surface area is 112 Å². The third kappa shape index (κ3) is 4.44. The van der Waals surface area contributed by atoms with Crippen molar-refractivity contribution in [2.75, 3.05) is 7.05 Å². The standard InChI is InChI=1S/C13H19BrClN/c1-3-4-12(16-2)8-6-10-5-7-11(14)9-13(10)15/h5,7,9,12,16H,3-4,6,8H2,1-2H3. The summed E-state index contributed by atoms with van der Waals surface area (Å²) in [5.74, 6) is 0. The molecule has 0 amide bonds. The molecule has 0 spiro atoms. The number of benzene rings is 1. The lowest BCUT2D eigenvalue weighted by Gasteiger charge is -2.15. The molecule has 0 aliphatic carbocycles. The molecule has 90 valence electrons. The Hall–Kier alpha value is -0.0500. The summed E-state index contributed by atoms with van der Waals surface area (Å²) in [6, 6.07) is 6.72. The molecule has 1 aromatic rings. The van der Waals surface area contributed by atoms with Crippen LogP contribution in [0, 0.1) is 0 Å². The van der Waals surface area contributed by atoms with Crippen molar-refractivity contribution in [3.8, 4) is 0 Å². The van der Waals surface area contributed by atoms with Gasteiger partial charge in [-0.15, -0.1) is 0 Å². The molecule has 0 aromatic heterocycles. The van der Waals surface area contributed by atoms with Crippen LogP contribution in [0.4, 0.5) is 0 Å². The first-order valence-electron chi connectivity index (χ1n) is 5.78. The van der Waals surface area contributed by atoms with Gasteiger partial charge in [-0.2, -0.15) is 0 Å². The molecule has 0 saturated carbocycles. The van der Waals surface area contributed by atoms with Gasteiger partial charge in [0, 0.05) is 15.5 Å². The number of halogens is 2. The van der Waals surface area contributed by atoms with E-state index in [2.05, 4.69) is 40.3 Å². The summed E-state index contributed by atoms with van der Waals surface area (Å²) in [6.45, 7) is 2.22. The number of hydrogen-bond acceptors (Lipinski definition) is 1. The van der Waals surface area contributed by atoms with Crippen LogP contribution in [0.1, 0.15) is 31.7 Å². The van der Waals surface area contributed by atoms with Gasteiger partial charge in [0.05, 0.1) is 0 Å². The molecule has 1 aromatic carbocycles. The zero-order chi connectivity index (χ0) is 12.0. The van der Waals surface area contributed by atoms with Crippen LogP contribution in [0.15, 0.2) is 22.7 Å². The maximum Gasteiger partial charge on any atom is 0.0449 e. The van der Waals surface area contributed by atoms with E-state index in [-0.39, 0.29) is 0 Å². The van der Waals surface area contributed by atoms with E-state index in [1.165, 1.54) is 18.4 Å². The van der Waals surface area contributed by atoms with Gasteiger partial charge in [0.15, 0.2) is 0 Å². The van der Waals surface area contributed by atoms with Gasteiger partial charge in [0.2, 0.25) is 0 Å². The molecule has 3 heteroatoms. The minimum atomic E-state index is 0.602. The predicted molar refractivity (Wildman–Crippen MR) is 75.2 cm³/mol. The van der Waals surface area contributed by atoms with Crippen LogP contribution in [-0.2, 0) is 6.42 Å². The van der Waals surface area contributed by atoms with Crippen LogP contribution >= 0.6 is 27.5 Å². The summed E-state index contributed by atoms with van der Waals surface area (Å²) in [5.41, 5.74) is 1.24. The Balaban J connectivity index is 2.53. The Morgan fingerprint density at radius 3 is 2.69 bits per heavy atom. The van der Waals surface area contributed by atoms with Crippen LogP contribution in [0.5, 0.6) is 0 Å². The lowest BCUT2D eigenvalue weighted by molar-refractivity contribution is 0.484. The summed E-state index contributed by atoms with van der Waals surface area (Å²) in [5, 5.41) is 4.21. The van der Waals surface area contributed by atoms with Crippen molar-refractivity contribution in [2.24, 2.45) is 0 Å². The number of rotatable bonds is 6. The average molecular weight is 305 g/mol. The second kappa shape index (κ2) is 7.31. The normalized spacial score (nSPS) is 12.8. The fourth-order valence-electron chi connectivity index (χ4n) is 1.84. The molecule has 0 bridgehead atoms. The van der Waals surface area contributed by atoms with Crippen molar-refractivity contribution in [3.63, 3.8) is 0 Å². The molecule has 0 fully saturated rings. The first-order valence-corrected chi connectivity index (χ1v) is 6.95. The summed E-state index contributed by atoms with van der Waals surface area (Å²) in [4.78, 5) is 0. The van der Waals surface area contributed by atoms with Crippen molar-refractivity contribution in [3.05, 3.63) is 33.3 Å². The van der Waals surface area contributed by atoms with Crippen molar-refractivity contribution in [2.45, 2.75) is 38.6 Å². The van der Waals surface area contributed by atoms with Gasteiger partial charge in [-0.05, 0) is 44.0 Å². The van der Waals surface area contributed by atoms with Crippen molar-refractivity contribution in [1.29, 1.82) is 0 Å². The zero-order valence-electron chi connectivity index (χ0n) is 9.89. The molecular weight excluding hydrogens is 286 g/mol. The smallest absolute Gasteiger partial charge is 0.0449 e. The first-order chi connectivity index (χ1) is 7.67. The van der Waals surface area contributed by atoms with Crippen LogP contribution in [0.3, 0.4) is 0 Å². The Bertz CT molecular complexity index is 328. The highest BCUT2D eigenvalue weighted by atomic mass is 79.9. The maximum absolute atomic E-state index is 6.18. The maximum atomic E-state index is 6.18. The number of nitrogens with one attached hydrogen (secondary N) is 1. The summed E-state index contributed by atoms with van der Waals surface area (Å²) >= 11 is 9.60. The minimum Gasteiger partial charge on any atom is -0.317 e. The van der Waals surface area contributed by atoms with Gasteiger partial charge < -0.3 is 5.32 Å². The Morgan fingerprint density at radius 2 is 2.12 bits per heavy atom. The highest BCUT2D eigenvalue weighted by molar-refractivity contribution is 9.10. The van der Waals surface area contributed by atoms with E-state index in [4.69, 9.17) is 11.6 Å². The third-order valence-corrected chi connectivity index (χ3v) is 3.67. The second-order valence-corrected chi connectivity index (χ2v) is 5.37. The van der Waals surface area contributed by atoms with Crippen molar-refractivity contribution in [1.82, 2.24) is 5.32 Å². The van der Waals surface area contributed by atoms with E-state index in [0.717, 1.165) is 22.3 Å². The average Bonchev–Trinajstić information content (AvgIpc) is 2.26. The van der Waals surface area contributed by atoms with Crippen LogP contribution in [-0.4, -0.2) is 13.1 Å². The van der Waals surface area contributed by atoms with Gasteiger partial charge in [-0.1, -0.05) is 46.9 Å². The monoisotopic (exact) mass is 303 g/mol. The van der Waals surface area contributed by atoms with Gasteiger partial charge in [-0.3, -0.25) is 0 Å². The molecule has 1 unspecified atom stereocenters. The molecule has 0 aliphatic heterocycles. The highest BCUT2D eigenvalue weighted by Gasteiger charge is 2.07. The lowest BCUT2D eigenvalue weighted by Crippen LogP contribution is -2.25.